The number of hydrogen-bond acceptors (Lipinski definition) is 5. The zero-order valence-electron chi connectivity index (χ0n) is 13.0. The van der Waals surface area contributed by atoms with E-state index in [1.165, 1.54) is 0 Å². The van der Waals surface area contributed by atoms with E-state index in [-0.39, 0.29) is 0 Å². The second kappa shape index (κ2) is 7.13. The molecule has 0 amide bonds. The third-order valence-corrected chi connectivity index (χ3v) is 3.05. The minimum absolute atomic E-state index is 0.595. The number of aromatic nitrogens is 1. The van der Waals surface area contributed by atoms with Crippen LogP contribution in [0.25, 0.3) is 11.3 Å². The molecule has 0 radical (unpaired) electrons. The Morgan fingerprint density at radius 3 is 2.71 bits per heavy atom. The lowest BCUT2D eigenvalue weighted by Gasteiger charge is -2.10. The molecule has 1 aromatic heterocycles. The first-order valence-electron chi connectivity index (χ1n) is 7.02. The van der Waals surface area contributed by atoms with E-state index in [1.807, 2.05) is 18.2 Å². The quantitative estimate of drug-likeness (QED) is 0.849. The third kappa shape index (κ3) is 3.76. The largest absolute Gasteiger partial charge is 0.493 e. The summed E-state index contributed by atoms with van der Waals surface area (Å²) >= 11 is 0. The number of benzene rings is 1. The highest BCUT2D eigenvalue weighted by Gasteiger charge is 2.15. The zero-order valence-corrected chi connectivity index (χ0v) is 13.0. The average molecular weight is 290 g/mol. The van der Waals surface area contributed by atoms with Crippen molar-refractivity contribution in [2.24, 2.45) is 5.92 Å². The third-order valence-electron chi connectivity index (χ3n) is 3.05. The number of para-hydroxylation sites is 1. The van der Waals surface area contributed by atoms with Gasteiger partial charge in [-0.15, -0.1) is 0 Å². The Morgan fingerprint density at radius 2 is 2.05 bits per heavy atom. The fourth-order valence-electron chi connectivity index (χ4n) is 2.07. The van der Waals surface area contributed by atoms with Crippen molar-refractivity contribution in [3.8, 4) is 22.8 Å². The van der Waals surface area contributed by atoms with Gasteiger partial charge in [0.05, 0.1) is 32.5 Å². The van der Waals surface area contributed by atoms with E-state index in [2.05, 4.69) is 24.1 Å². The molecule has 0 bridgehead atoms. The fourth-order valence-corrected chi connectivity index (χ4v) is 2.07. The molecule has 114 valence electrons. The first-order valence-corrected chi connectivity index (χ1v) is 7.02. The Labute approximate surface area is 125 Å². The van der Waals surface area contributed by atoms with Gasteiger partial charge < -0.3 is 19.2 Å². The van der Waals surface area contributed by atoms with Gasteiger partial charge in [0.25, 0.3) is 0 Å². The van der Waals surface area contributed by atoms with E-state index in [4.69, 9.17) is 13.9 Å². The van der Waals surface area contributed by atoms with E-state index in [0.717, 1.165) is 12.1 Å². The van der Waals surface area contributed by atoms with Crippen molar-refractivity contribution in [1.29, 1.82) is 0 Å². The molecule has 1 aromatic carbocycles. The van der Waals surface area contributed by atoms with Gasteiger partial charge in [-0.25, -0.2) is 4.98 Å². The van der Waals surface area contributed by atoms with Crippen LogP contribution in [0.4, 0.5) is 0 Å². The molecule has 0 unspecified atom stereocenters. The minimum Gasteiger partial charge on any atom is -0.493 e. The van der Waals surface area contributed by atoms with E-state index in [1.54, 1.807) is 20.4 Å². The molecule has 0 aliphatic heterocycles. The molecule has 0 aliphatic rings. The van der Waals surface area contributed by atoms with Crippen LogP contribution in [0.2, 0.25) is 0 Å². The van der Waals surface area contributed by atoms with E-state index >= 15 is 0 Å². The number of rotatable bonds is 7. The van der Waals surface area contributed by atoms with E-state index < -0.39 is 0 Å². The molecule has 0 fully saturated rings. The van der Waals surface area contributed by atoms with Crippen molar-refractivity contribution in [3.63, 3.8) is 0 Å². The molecule has 0 saturated carbocycles. The maximum Gasteiger partial charge on any atom is 0.208 e. The molecule has 0 atom stereocenters. The molecule has 0 aliphatic carbocycles. The number of ether oxygens (including phenoxy) is 2. The molecule has 2 rings (SSSR count). The van der Waals surface area contributed by atoms with Gasteiger partial charge in [0, 0.05) is 0 Å². The van der Waals surface area contributed by atoms with Crippen molar-refractivity contribution < 1.29 is 13.9 Å². The lowest BCUT2D eigenvalue weighted by Crippen LogP contribution is -2.18. The van der Waals surface area contributed by atoms with Gasteiger partial charge in [-0.2, -0.15) is 0 Å². The predicted octanol–water partition coefficient (Wildman–Crippen LogP) is 3.10. The highest BCUT2D eigenvalue weighted by molar-refractivity contribution is 5.69. The molecule has 0 saturated heterocycles. The summed E-state index contributed by atoms with van der Waals surface area (Å²) in [5, 5.41) is 3.30. The van der Waals surface area contributed by atoms with Crippen LogP contribution >= 0.6 is 0 Å². The monoisotopic (exact) mass is 290 g/mol. The Bertz CT molecular complexity index is 579. The summed E-state index contributed by atoms with van der Waals surface area (Å²) in [7, 11) is 3.23. The second-order valence-corrected chi connectivity index (χ2v) is 5.18. The van der Waals surface area contributed by atoms with Crippen LogP contribution in [0.1, 0.15) is 19.7 Å². The van der Waals surface area contributed by atoms with Crippen LogP contribution < -0.4 is 14.8 Å². The molecule has 1 heterocycles. The van der Waals surface area contributed by atoms with E-state index in [9.17, 15) is 0 Å². The van der Waals surface area contributed by atoms with Gasteiger partial charge in [-0.05, 0) is 24.6 Å². The maximum absolute atomic E-state index is 5.78. The van der Waals surface area contributed by atoms with Gasteiger partial charge in [0.15, 0.2) is 17.3 Å². The normalized spacial score (nSPS) is 10.9. The Kier molecular flexibility index (Phi) is 5.22. The highest BCUT2D eigenvalue weighted by atomic mass is 16.5. The van der Waals surface area contributed by atoms with Gasteiger partial charge in [0.1, 0.15) is 0 Å². The molecule has 5 nitrogen and oxygen atoms in total. The smallest absolute Gasteiger partial charge is 0.208 e. The Balaban J connectivity index is 2.17. The molecular weight excluding hydrogens is 268 g/mol. The second-order valence-electron chi connectivity index (χ2n) is 5.18. The molecular formula is C16H22N2O3. The number of hydrogen-bond donors (Lipinski definition) is 1. The van der Waals surface area contributed by atoms with Crippen LogP contribution in [0.15, 0.2) is 28.8 Å². The summed E-state index contributed by atoms with van der Waals surface area (Å²) in [6.07, 6.45) is 1.71. The molecule has 2 aromatic rings. The van der Waals surface area contributed by atoms with Crippen LogP contribution in [-0.2, 0) is 6.54 Å². The van der Waals surface area contributed by atoms with Crippen molar-refractivity contribution >= 4 is 0 Å². The highest BCUT2D eigenvalue weighted by Crippen LogP contribution is 2.37. The fraction of sp³-hybridized carbons (Fsp3) is 0.438. The average Bonchev–Trinajstić information content (AvgIpc) is 2.94. The summed E-state index contributed by atoms with van der Waals surface area (Å²) in [6.45, 7) is 5.87. The molecule has 1 N–H and O–H groups in total. The topological polar surface area (TPSA) is 56.5 Å². The van der Waals surface area contributed by atoms with Gasteiger partial charge in [-0.1, -0.05) is 19.9 Å². The zero-order chi connectivity index (χ0) is 15.2. The molecule has 0 spiro atoms. The van der Waals surface area contributed by atoms with Crippen LogP contribution in [0, 0.1) is 5.92 Å². The number of oxazole rings is 1. The maximum atomic E-state index is 5.78. The first kappa shape index (κ1) is 15.4. The predicted molar refractivity (Wildman–Crippen MR) is 81.6 cm³/mol. The Morgan fingerprint density at radius 1 is 1.24 bits per heavy atom. The summed E-state index contributed by atoms with van der Waals surface area (Å²) < 4.78 is 16.5. The summed E-state index contributed by atoms with van der Waals surface area (Å²) in [6, 6.07) is 5.67. The van der Waals surface area contributed by atoms with Crippen LogP contribution in [0.5, 0.6) is 11.5 Å². The molecule has 5 heteroatoms. The minimum atomic E-state index is 0.595. The number of nitrogens with one attached hydrogen (secondary N) is 1. The van der Waals surface area contributed by atoms with Gasteiger partial charge in [0.2, 0.25) is 5.89 Å². The number of methoxy groups -OCH3 is 2. The van der Waals surface area contributed by atoms with Gasteiger partial charge in [-0.3, -0.25) is 0 Å². The van der Waals surface area contributed by atoms with E-state index in [0.29, 0.717) is 35.6 Å². The lowest BCUT2D eigenvalue weighted by molar-refractivity contribution is 0.355. The van der Waals surface area contributed by atoms with Gasteiger partial charge >= 0.3 is 0 Å². The SMILES string of the molecule is COc1cccc(-c2cnc(CNCC(C)C)o2)c1OC. The van der Waals surface area contributed by atoms with Crippen molar-refractivity contribution in [3.05, 3.63) is 30.3 Å². The number of nitrogens with zero attached hydrogens (tertiary/aromatic N) is 1. The van der Waals surface area contributed by atoms with Crippen LogP contribution in [-0.4, -0.2) is 25.7 Å². The summed E-state index contributed by atoms with van der Waals surface area (Å²) in [5.74, 6) is 3.25. The standard InChI is InChI=1S/C16H22N2O3/c1-11(2)8-17-10-15-18-9-14(21-15)12-6-5-7-13(19-3)16(12)20-4/h5-7,9,11,17H,8,10H2,1-4H3. The van der Waals surface area contributed by atoms with Crippen LogP contribution in [0.3, 0.4) is 0 Å². The van der Waals surface area contributed by atoms with Crippen molar-refractivity contribution in [2.45, 2.75) is 20.4 Å². The van der Waals surface area contributed by atoms with Crippen molar-refractivity contribution in [1.82, 2.24) is 10.3 Å². The Hall–Kier alpha value is -2.01. The lowest BCUT2D eigenvalue weighted by atomic mass is 10.1. The van der Waals surface area contributed by atoms with Crippen molar-refractivity contribution in [2.75, 3.05) is 20.8 Å². The molecule has 21 heavy (non-hydrogen) atoms. The summed E-state index contributed by atoms with van der Waals surface area (Å²) in [5.41, 5.74) is 0.833. The first-order chi connectivity index (χ1) is 10.2. The summed E-state index contributed by atoms with van der Waals surface area (Å²) in [4.78, 5) is 4.29.